The predicted molar refractivity (Wildman–Crippen MR) is 84.5 cm³/mol. The zero-order valence-electron chi connectivity index (χ0n) is 13.4. The van der Waals surface area contributed by atoms with Crippen molar-refractivity contribution < 1.29 is 24.2 Å². The van der Waals surface area contributed by atoms with Crippen LogP contribution in [0.2, 0.25) is 0 Å². The van der Waals surface area contributed by atoms with E-state index in [2.05, 4.69) is 0 Å². The number of nitrogens with zero attached hydrogens (tertiary/aromatic N) is 1. The van der Waals surface area contributed by atoms with E-state index in [-0.39, 0.29) is 24.0 Å². The van der Waals surface area contributed by atoms with E-state index >= 15 is 0 Å². The van der Waals surface area contributed by atoms with E-state index < -0.39 is 5.97 Å². The number of benzene rings is 1. The summed E-state index contributed by atoms with van der Waals surface area (Å²) in [5.41, 5.74) is 0.939. The summed E-state index contributed by atoms with van der Waals surface area (Å²) >= 11 is 0. The van der Waals surface area contributed by atoms with Gasteiger partial charge in [0.05, 0.1) is 31.3 Å². The van der Waals surface area contributed by atoms with Crippen molar-refractivity contribution >= 4 is 11.9 Å². The van der Waals surface area contributed by atoms with Gasteiger partial charge in [-0.25, -0.2) is 4.79 Å². The Morgan fingerprint density at radius 3 is 2.65 bits per heavy atom. The van der Waals surface area contributed by atoms with Gasteiger partial charge in [0.2, 0.25) is 5.91 Å². The van der Waals surface area contributed by atoms with Crippen LogP contribution in [0, 0.1) is 0 Å². The van der Waals surface area contributed by atoms with Crippen LogP contribution in [0.3, 0.4) is 0 Å². The molecule has 1 heterocycles. The van der Waals surface area contributed by atoms with Crippen LogP contribution < -0.4 is 0 Å². The summed E-state index contributed by atoms with van der Waals surface area (Å²) < 4.78 is 10.6. The van der Waals surface area contributed by atoms with Gasteiger partial charge in [-0.3, -0.25) is 4.79 Å². The van der Waals surface area contributed by atoms with E-state index in [1.807, 2.05) is 4.90 Å². The number of likely N-dealkylation sites (tertiary alicyclic amines) is 1. The van der Waals surface area contributed by atoms with Crippen LogP contribution in [-0.4, -0.2) is 61.4 Å². The average Bonchev–Trinajstić information content (AvgIpc) is 2.56. The van der Waals surface area contributed by atoms with Gasteiger partial charge < -0.3 is 19.5 Å². The maximum Gasteiger partial charge on any atom is 0.335 e. The average molecular weight is 321 g/mol. The number of hydrogen-bond donors (Lipinski definition) is 1. The molecule has 2 rings (SSSR count). The lowest BCUT2D eigenvalue weighted by Crippen LogP contribution is -2.41. The van der Waals surface area contributed by atoms with Crippen LogP contribution in [-0.2, 0) is 20.7 Å². The largest absolute Gasteiger partial charge is 0.478 e. The number of piperidine rings is 1. The standard InChI is InChI=1S/C17H23NO5/c1-22-9-10-23-15-5-7-18(8-6-15)16(19)12-13-3-2-4-14(11-13)17(20)21/h2-4,11,15H,5-10,12H2,1H3,(H,20,21). The Morgan fingerprint density at radius 1 is 1.26 bits per heavy atom. The molecule has 1 aliphatic heterocycles. The lowest BCUT2D eigenvalue weighted by molar-refractivity contribution is -0.133. The summed E-state index contributed by atoms with van der Waals surface area (Å²) in [7, 11) is 1.64. The summed E-state index contributed by atoms with van der Waals surface area (Å²) in [6.45, 7) is 2.51. The van der Waals surface area contributed by atoms with E-state index in [1.54, 1.807) is 25.3 Å². The fourth-order valence-electron chi connectivity index (χ4n) is 2.67. The topological polar surface area (TPSA) is 76.1 Å². The Balaban J connectivity index is 1.81. The lowest BCUT2D eigenvalue weighted by atomic mass is 10.0. The van der Waals surface area contributed by atoms with Crippen molar-refractivity contribution in [2.45, 2.75) is 25.4 Å². The summed E-state index contributed by atoms with van der Waals surface area (Å²) in [6.07, 6.45) is 2.07. The van der Waals surface area contributed by atoms with Gasteiger partial charge in [0.1, 0.15) is 0 Å². The van der Waals surface area contributed by atoms with Gasteiger partial charge in [-0.1, -0.05) is 12.1 Å². The molecule has 1 aromatic carbocycles. The fraction of sp³-hybridized carbons (Fsp3) is 0.529. The number of aromatic carboxylic acids is 1. The minimum Gasteiger partial charge on any atom is -0.478 e. The lowest BCUT2D eigenvalue weighted by Gasteiger charge is -2.32. The van der Waals surface area contributed by atoms with Crippen molar-refractivity contribution in [1.29, 1.82) is 0 Å². The van der Waals surface area contributed by atoms with Crippen LogP contribution in [0.4, 0.5) is 0 Å². The first-order valence-electron chi connectivity index (χ1n) is 7.80. The molecule has 1 amide bonds. The third-order valence-electron chi connectivity index (χ3n) is 3.96. The minimum atomic E-state index is -0.978. The van der Waals surface area contributed by atoms with E-state index in [1.165, 1.54) is 6.07 Å². The highest BCUT2D eigenvalue weighted by Crippen LogP contribution is 2.15. The van der Waals surface area contributed by atoms with Crippen LogP contribution in [0.15, 0.2) is 24.3 Å². The normalized spacial score (nSPS) is 15.6. The van der Waals surface area contributed by atoms with E-state index in [0.717, 1.165) is 18.4 Å². The van der Waals surface area contributed by atoms with E-state index in [4.69, 9.17) is 14.6 Å². The molecule has 0 atom stereocenters. The molecule has 1 N–H and O–H groups in total. The molecule has 0 spiro atoms. The Bertz CT molecular complexity index is 538. The highest BCUT2D eigenvalue weighted by atomic mass is 16.5. The maximum atomic E-state index is 12.3. The molecule has 1 aromatic rings. The van der Waals surface area contributed by atoms with Crippen molar-refractivity contribution in [3.63, 3.8) is 0 Å². The molecule has 0 radical (unpaired) electrons. The van der Waals surface area contributed by atoms with Gasteiger partial charge in [-0.05, 0) is 30.5 Å². The minimum absolute atomic E-state index is 0.0304. The highest BCUT2D eigenvalue weighted by Gasteiger charge is 2.23. The van der Waals surface area contributed by atoms with Gasteiger partial charge >= 0.3 is 5.97 Å². The monoisotopic (exact) mass is 321 g/mol. The molecule has 6 heteroatoms. The molecule has 6 nitrogen and oxygen atoms in total. The highest BCUT2D eigenvalue weighted by molar-refractivity contribution is 5.88. The zero-order chi connectivity index (χ0) is 16.7. The van der Waals surface area contributed by atoms with Crippen molar-refractivity contribution in [1.82, 2.24) is 4.90 Å². The molecule has 0 saturated carbocycles. The Kier molecular flexibility index (Phi) is 6.55. The first-order chi connectivity index (χ1) is 11.1. The van der Waals surface area contributed by atoms with Crippen LogP contribution in [0.1, 0.15) is 28.8 Å². The van der Waals surface area contributed by atoms with Crippen molar-refractivity contribution in [2.24, 2.45) is 0 Å². The van der Waals surface area contributed by atoms with Crippen LogP contribution >= 0.6 is 0 Å². The quantitative estimate of drug-likeness (QED) is 0.772. The number of carbonyl (C=O) groups is 2. The number of rotatable bonds is 7. The number of carboxylic acid groups (broad SMARTS) is 1. The number of amides is 1. The fourth-order valence-corrected chi connectivity index (χ4v) is 2.67. The van der Waals surface area contributed by atoms with Gasteiger partial charge in [-0.15, -0.1) is 0 Å². The third-order valence-corrected chi connectivity index (χ3v) is 3.96. The second-order valence-electron chi connectivity index (χ2n) is 5.63. The predicted octanol–water partition coefficient (Wildman–Crippen LogP) is 1.58. The first-order valence-corrected chi connectivity index (χ1v) is 7.80. The number of hydrogen-bond acceptors (Lipinski definition) is 4. The zero-order valence-corrected chi connectivity index (χ0v) is 13.4. The smallest absolute Gasteiger partial charge is 0.335 e. The second kappa shape index (κ2) is 8.64. The van der Waals surface area contributed by atoms with Crippen molar-refractivity contribution in [2.75, 3.05) is 33.4 Å². The molecule has 1 aliphatic rings. The van der Waals surface area contributed by atoms with Gasteiger partial charge in [0.15, 0.2) is 0 Å². The van der Waals surface area contributed by atoms with Crippen LogP contribution in [0.5, 0.6) is 0 Å². The molecule has 126 valence electrons. The number of carboxylic acids is 1. The molecule has 23 heavy (non-hydrogen) atoms. The van der Waals surface area contributed by atoms with Gasteiger partial charge in [-0.2, -0.15) is 0 Å². The van der Waals surface area contributed by atoms with Gasteiger partial charge in [0.25, 0.3) is 0 Å². The summed E-state index contributed by atoms with van der Waals surface area (Å²) in [5, 5.41) is 8.99. The van der Waals surface area contributed by atoms with Gasteiger partial charge in [0, 0.05) is 20.2 Å². The number of carbonyl (C=O) groups excluding carboxylic acids is 1. The van der Waals surface area contributed by atoms with Crippen molar-refractivity contribution in [3.8, 4) is 0 Å². The van der Waals surface area contributed by atoms with E-state index in [0.29, 0.717) is 26.3 Å². The molecule has 1 saturated heterocycles. The Morgan fingerprint density at radius 2 is 2.00 bits per heavy atom. The molecule has 1 fully saturated rings. The summed E-state index contributed by atoms with van der Waals surface area (Å²) in [5.74, 6) is -0.948. The third kappa shape index (κ3) is 5.33. The molecule has 0 aliphatic carbocycles. The number of methoxy groups -OCH3 is 1. The summed E-state index contributed by atoms with van der Waals surface area (Å²) in [6, 6.07) is 6.53. The van der Waals surface area contributed by atoms with Crippen molar-refractivity contribution in [3.05, 3.63) is 35.4 Å². The maximum absolute atomic E-state index is 12.3. The molecule has 0 aromatic heterocycles. The second-order valence-corrected chi connectivity index (χ2v) is 5.63. The first kappa shape index (κ1) is 17.4. The Hall–Kier alpha value is -1.92. The van der Waals surface area contributed by atoms with E-state index in [9.17, 15) is 9.59 Å². The molecular formula is C17H23NO5. The van der Waals surface area contributed by atoms with Crippen LogP contribution in [0.25, 0.3) is 0 Å². The molecule has 0 unspecified atom stereocenters. The molecule has 0 bridgehead atoms. The summed E-state index contributed by atoms with van der Waals surface area (Å²) in [4.78, 5) is 25.1. The SMILES string of the molecule is COCCOC1CCN(C(=O)Cc2cccc(C(=O)O)c2)CC1. The molecular weight excluding hydrogens is 298 g/mol. The number of ether oxygens (including phenoxy) is 2. The Labute approximate surface area is 136 Å².